The number of carboxylic acid groups (broad SMARTS) is 1. The number of carbonyl (C=O) groups is 4. The summed E-state index contributed by atoms with van der Waals surface area (Å²) < 4.78 is 38.1. The number of amides is 2. The number of benzene rings is 2. The third-order valence-corrected chi connectivity index (χ3v) is 5.06. The lowest BCUT2D eigenvalue weighted by Gasteiger charge is -2.30. The molecule has 2 amide bonds. The Hall–Kier alpha value is -3.69. The van der Waals surface area contributed by atoms with Gasteiger partial charge in [0.05, 0.1) is 5.56 Å². The monoisotopic (exact) mass is 448 g/mol. The molecule has 1 fully saturated rings. The van der Waals surface area contributed by atoms with Gasteiger partial charge in [-0.25, -0.2) is 0 Å². The second-order valence-electron chi connectivity index (χ2n) is 7.29. The van der Waals surface area contributed by atoms with E-state index in [0.717, 1.165) is 12.1 Å². The highest BCUT2D eigenvalue weighted by Crippen LogP contribution is 2.31. The molecule has 32 heavy (non-hydrogen) atoms. The fourth-order valence-corrected chi connectivity index (χ4v) is 3.37. The minimum absolute atomic E-state index is 0.0272. The van der Waals surface area contributed by atoms with Crippen molar-refractivity contribution in [3.8, 4) is 11.1 Å². The molecule has 0 radical (unpaired) electrons. The van der Waals surface area contributed by atoms with E-state index in [1.807, 2.05) is 0 Å². The largest absolute Gasteiger partial charge is 0.480 e. The molecule has 7 nitrogen and oxygen atoms in total. The highest BCUT2D eigenvalue weighted by atomic mass is 19.4. The predicted molar refractivity (Wildman–Crippen MR) is 106 cm³/mol. The van der Waals surface area contributed by atoms with Gasteiger partial charge in [0.25, 0.3) is 0 Å². The van der Waals surface area contributed by atoms with Crippen LogP contribution >= 0.6 is 0 Å². The number of rotatable bonds is 6. The van der Waals surface area contributed by atoms with Gasteiger partial charge in [0, 0.05) is 19.5 Å². The third kappa shape index (κ3) is 5.32. The molecule has 1 atom stereocenters. The van der Waals surface area contributed by atoms with Crippen molar-refractivity contribution in [3.05, 3.63) is 59.7 Å². The van der Waals surface area contributed by atoms with Gasteiger partial charge in [0.2, 0.25) is 11.8 Å². The molecular weight excluding hydrogens is 429 g/mol. The summed E-state index contributed by atoms with van der Waals surface area (Å²) in [5.41, 5.74) is 1.25. The van der Waals surface area contributed by atoms with Crippen molar-refractivity contribution in [2.24, 2.45) is 5.92 Å². The molecule has 10 heteroatoms. The standard InChI is InChI=1S/C22H19F3N2O5/c23-22(24,25)16-7-5-15(6-8-16)14-3-1-13(2-4-14)12-27-10-9-17(28)19(21(27)32)20(31)26-11-18(29)30/h1-8,19H,9-12H2,(H,26,31)(H,29,30). The number of halogens is 3. The fourth-order valence-electron chi connectivity index (χ4n) is 3.37. The SMILES string of the molecule is O=C(O)CNC(=O)C1C(=O)CCN(Cc2ccc(-c3ccc(C(F)(F)F)cc3)cc2)C1=O. The van der Waals surface area contributed by atoms with E-state index in [9.17, 15) is 32.3 Å². The second-order valence-corrected chi connectivity index (χ2v) is 7.29. The minimum Gasteiger partial charge on any atom is -0.480 e. The van der Waals surface area contributed by atoms with Crippen molar-refractivity contribution in [1.29, 1.82) is 0 Å². The normalized spacial score (nSPS) is 16.7. The average molecular weight is 448 g/mol. The van der Waals surface area contributed by atoms with E-state index < -0.39 is 47.8 Å². The molecule has 1 unspecified atom stereocenters. The van der Waals surface area contributed by atoms with Crippen LogP contribution in [0.15, 0.2) is 48.5 Å². The van der Waals surface area contributed by atoms with Gasteiger partial charge in [-0.2, -0.15) is 13.2 Å². The quantitative estimate of drug-likeness (QED) is 0.661. The van der Waals surface area contributed by atoms with Crippen LogP contribution < -0.4 is 5.32 Å². The number of hydrogen-bond donors (Lipinski definition) is 2. The van der Waals surface area contributed by atoms with Crippen LogP contribution in [-0.2, 0) is 31.9 Å². The molecule has 0 aliphatic carbocycles. The lowest BCUT2D eigenvalue weighted by Crippen LogP contribution is -2.52. The summed E-state index contributed by atoms with van der Waals surface area (Å²) in [6.45, 7) is -0.440. The van der Waals surface area contributed by atoms with E-state index in [-0.39, 0.29) is 19.5 Å². The first-order chi connectivity index (χ1) is 15.1. The van der Waals surface area contributed by atoms with E-state index in [1.165, 1.54) is 17.0 Å². The number of carbonyl (C=O) groups excluding carboxylic acids is 3. The average Bonchev–Trinajstić information content (AvgIpc) is 2.74. The zero-order chi connectivity index (χ0) is 23.5. The molecule has 1 saturated heterocycles. The Labute approximate surface area is 180 Å². The van der Waals surface area contributed by atoms with Gasteiger partial charge in [-0.15, -0.1) is 0 Å². The van der Waals surface area contributed by atoms with Gasteiger partial charge in [-0.3, -0.25) is 19.2 Å². The molecule has 3 rings (SSSR count). The number of aliphatic carboxylic acids is 1. The molecule has 2 N–H and O–H groups in total. The number of carboxylic acids is 1. The molecular formula is C22H19F3N2O5. The summed E-state index contributed by atoms with van der Waals surface area (Å²) in [5, 5.41) is 10.7. The lowest BCUT2D eigenvalue weighted by molar-refractivity contribution is -0.152. The zero-order valence-electron chi connectivity index (χ0n) is 16.7. The van der Waals surface area contributed by atoms with E-state index in [4.69, 9.17) is 5.11 Å². The fraction of sp³-hybridized carbons (Fsp3) is 0.273. The smallest absolute Gasteiger partial charge is 0.416 e. The number of likely N-dealkylation sites (tertiary alicyclic amines) is 1. The maximum absolute atomic E-state index is 12.7. The van der Waals surface area contributed by atoms with Crippen LogP contribution in [0.5, 0.6) is 0 Å². The summed E-state index contributed by atoms with van der Waals surface area (Å²) >= 11 is 0. The Morgan fingerprint density at radius 1 is 1.00 bits per heavy atom. The number of Topliss-reactive ketones (excluding diaryl/α,β-unsaturated/α-hetero) is 1. The Kier molecular flexibility index (Phi) is 6.61. The van der Waals surface area contributed by atoms with Crippen LogP contribution in [0.1, 0.15) is 17.5 Å². The van der Waals surface area contributed by atoms with Crippen LogP contribution in [0.4, 0.5) is 13.2 Å². The lowest BCUT2D eigenvalue weighted by atomic mass is 9.94. The third-order valence-electron chi connectivity index (χ3n) is 5.06. The summed E-state index contributed by atoms with van der Waals surface area (Å²) in [6.07, 6.45) is -4.44. The molecule has 2 aromatic rings. The first kappa shape index (κ1) is 23.0. The van der Waals surface area contributed by atoms with E-state index >= 15 is 0 Å². The molecule has 0 bridgehead atoms. The van der Waals surface area contributed by atoms with E-state index in [2.05, 4.69) is 5.32 Å². The van der Waals surface area contributed by atoms with Crippen LogP contribution in [0.2, 0.25) is 0 Å². The summed E-state index contributed by atoms with van der Waals surface area (Å²) in [4.78, 5) is 48.7. The number of nitrogens with one attached hydrogen (secondary N) is 1. The number of piperidine rings is 1. The van der Waals surface area contributed by atoms with E-state index in [0.29, 0.717) is 16.7 Å². The first-order valence-electron chi connectivity index (χ1n) is 9.64. The zero-order valence-corrected chi connectivity index (χ0v) is 16.7. The summed E-state index contributed by atoms with van der Waals surface area (Å²) in [5.74, 6) is -5.07. The van der Waals surface area contributed by atoms with Crippen LogP contribution in [0, 0.1) is 5.92 Å². The van der Waals surface area contributed by atoms with Gasteiger partial charge in [-0.05, 0) is 28.8 Å². The van der Waals surface area contributed by atoms with Gasteiger partial charge < -0.3 is 15.3 Å². The summed E-state index contributed by atoms with van der Waals surface area (Å²) in [7, 11) is 0. The van der Waals surface area contributed by atoms with Crippen molar-refractivity contribution in [3.63, 3.8) is 0 Å². The minimum atomic E-state index is -4.41. The van der Waals surface area contributed by atoms with Crippen molar-refractivity contribution in [1.82, 2.24) is 10.2 Å². The van der Waals surface area contributed by atoms with Gasteiger partial charge in [0.15, 0.2) is 11.7 Å². The molecule has 2 aromatic carbocycles. The van der Waals surface area contributed by atoms with Gasteiger partial charge in [-0.1, -0.05) is 36.4 Å². The Balaban J connectivity index is 1.68. The molecule has 0 spiro atoms. The number of ketones is 1. The molecule has 1 aliphatic heterocycles. The number of hydrogen-bond acceptors (Lipinski definition) is 4. The molecule has 1 heterocycles. The molecule has 0 saturated carbocycles. The maximum Gasteiger partial charge on any atom is 0.416 e. The molecule has 168 valence electrons. The van der Waals surface area contributed by atoms with Crippen molar-refractivity contribution in [2.75, 3.05) is 13.1 Å². The van der Waals surface area contributed by atoms with E-state index in [1.54, 1.807) is 24.3 Å². The number of alkyl halides is 3. The van der Waals surface area contributed by atoms with Crippen molar-refractivity contribution >= 4 is 23.6 Å². The topological polar surface area (TPSA) is 104 Å². The van der Waals surface area contributed by atoms with Gasteiger partial charge in [0.1, 0.15) is 6.54 Å². The number of nitrogens with zero attached hydrogens (tertiary/aromatic N) is 1. The van der Waals surface area contributed by atoms with Crippen molar-refractivity contribution < 1.29 is 37.5 Å². The molecule has 0 aromatic heterocycles. The Morgan fingerprint density at radius 2 is 1.56 bits per heavy atom. The molecule has 1 aliphatic rings. The van der Waals surface area contributed by atoms with Crippen LogP contribution in [0.3, 0.4) is 0 Å². The Bertz CT molecular complexity index is 1030. The second kappa shape index (κ2) is 9.21. The van der Waals surface area contributed by atoms with Crippen LogP contribution in [0.25, 0.3) is 11.1 Å². The predicted octanol–water partition coefficient (Wildman–Crippen LogP) is 2.49. The Morgan fingerprint density at radius 3 is 2.09 bits per heavy atom. The summed E-state index contributed by atoms with van der Waals surface area (Å²) in [6, 6.07) is 11.6. The van der Waals surface area contributed by atoms with Crippen LogP contribution in [-0.4, -0.2) is 46.7 Å². The first-order valence-corrected chi connectivity index (χ1v) is 9.64. The van der Waals surface area contributed by atoms with Crippen molar-refractivity contribution in [2.45, 2.75) is 19.1 Å². The highest BCUT2D eigenvalue weighted by molar-refractivity contribution is 6.19. The maximum atomic E-state index is 12.7. The highest BCUT2D eigenvalue weighted by Gasteiger charge is 2.40. The van der Waals surface area contributed by atoms with Gasteiger partial charge >= 0.3 is 12.1 Å².